The molecule has 26 heavy (non-hydrogen) atoms. The zero-order chi connectivity index (χ0) is 18.5. The van der Waals surface area contributed by atoms with Crippen LogP contribution < -0.4 is 0 Å². The second kappa shape index (κ2) is 8.94. The molecule has 0 aromatic heterocycles. The molecule has 2 fully saturated rings. The van der Waals surface area contributed by atoms with Crippen LogP contribution in [0.1, 0.15) is 57.4 Å². The van der Waals surface area contributed by atoms with Crippen molar-refractivity contribution >= 4 is 23.6 Å². The van der Waals surface area contributed by atoms with E-state index in [1.165, 1.54) is 12.0 Å². The summed E-state index contributed by atoms with van der Waals surface area (Å²) in [6, 6.07) is 9.82. The van der Waals surface area contributed by atoms with E-state index in [0.29, 0.717) is 12.4 Å². The Morgan fingerprint density at radius 2 is 1.88 bits per heavy atom. The third-order valence-corrected chi connectivity index (χ3v) is 7.04. The van der Waals surface area contributed by atoms with Gasteiger partial charge in [0.2, 0.25) is 5.91 Å². The Bertz CT molecular complexity index is 615. The van der Waals surface area contributed by atoms with Crippen LogP contribution in [0.3, 0.4) is 0 Å². The van der Waals surface area contributed by atoms with Gasteiger partial charge < -0.3 is 9.64 Å². The summed E-state index contributed by atoms with van der Waals surface area (Å²) < 4.78 is 5.28. The molecule has 1 amide bonds. The maximum atomic E-state index is 13.4. The smallest absolute Gasteiger partial charge is 0.329 e. The fraction of sp³-hybridized carbons (Fsp3) is 0.619. The molecule has 0 bridgehead atoms. The van der Waals surface area contributed by atoms with Crippen molar-refractivity contribution in [1.29, 1.82) is 0 Å². The molecule has 1 aromatic carbocycles. The van der Waals surface area contributed by atoms with Gasteiger partial charge in [-0.25, -0.2) is 4.79 Å². The van der Waals surface area contributed by atoms with E-state index >= 15 is 0 Å². The van der Waals surface area contributed by atoms with Gasteiger partial charge in [0.1, 0.15) is 6.04 Å². The highest BCUT2D eigenvalue weighted by atomic mass is 32.2. The molecule has 1 saturated heterocycles. The Balaban J connectivity index is 1.84. The predicted molar refractivity (Wildman–Crippen MR) is 105 cm³/mol. The second-order valence-corrected chi connectivity index (χ2v) is 8.42. The highest BCUT2D eigenvalue weighted by Gasteiger charge is 2.46. The van der Waals surface area contributed by atoms with E-state index in [-0.39, 0.29) is 29.1 Å². The summed E-state index contributed by atoms with van der Waals surface area (Å²) in [5, 5.41) is -0.0127. The topological polar surface area (TPSA) is 46.6 Å². The first-order chi connectivity index (χ1) is 12.6. The van der Waals surface area contributed by atoms with Crippen molar-refractivity contribution in [2.45, 2.75) is 63.3 Å². The van der Waals surface area contributed by atoms with Crippen molar-refractivity contribution in [3.63, 3.8) is 0 Å². The number of thioether (sulfide) groups is 1. The summed E-state index contributed by atoms with van der Waals surface area (Å²) in [7, 11) is 0. The minimum absolute atomic E-state index is 0.0127. The third kappa shape index (κ3) is 4.08. The number of esters is 1. The van der Waals surface area contributed by atoms with Crippen LogP contribution in [0.15, 0.2) is 30.3 Å². The van der Waals surface area contributed by atoms with Crippen LogP contribution in [0.4, 0.5) is 0 Å². The highest BCUT2D eigenvalue weighted by Crippen LogP contribution is 2.41. The van der Waals surface area contributed by atoms with Crippen molar-refractivity contribution in [2.24, 2.45) is 5.92 Å². The SMILES string of the molecule is CCOC(=O)C1CSC(C(C)c2ccccc2)N1C(=O)C1CCCCC1. The van der Waals surface area contributed by atoms with Gasteiger partial charge in [-0.3, -0.25) is 4.79 Å². The van der Waals surface area contributed by atoms with E-state index in [9.17, 15) is 9.59 Å². The van der Waals surface area contributed by atoms with Gasteiger partial charge in [-0.05, 0) is 25.3 Å². The molecule has 0 radical (unpaired) electrons. The quantitative estimate of drug-likeness (QED) is 0.724. The van der Waals surface area contributed by atoms with Gasteiger partial charge in [-0.15, -0.1) is 11.8 Å². The van der Waals surface area contributed by atoms with E-state index in [2.05, 4.69) is 19.1 Å². The van der Waals surface area contributed by atoms with E-state index in [1.54, 1.807) is 11.8 Å². The molecule has 3 rings (SSSR count). The van der Waals surface area contributed by atoms with Gasteiger partial charge in [0.25, 0.3) is 0 Å². The lowest BCUT2D eigenvalue weighted by Gasteiger charge is -2.35. The molecule has 0 spiro atoms. The summed E-state index contributed by atoms with van der Waals surface area (Å²) in [6.45, 7) is 4.32. The molecule has 0 N–H and O–H groups in total. The normalized spacial score (nSPS) is 25.1. The van der Waals surface area contributed by atoms with Crippen LogP contribution in [-0.4, -0.2) is 40.6 Å². The molecule has 2 aliphatic rings. The van der Waals surface area contributed by atoms with E-state index < -0.39 is 6.04 Å². The van der Waals surface area contributed by atoms with Crippen LogP contribution in [0.2, 0.25) is 0 Å². The number of rotatable bonds is 5. The number of hydrogen-bond donors (Lipinski definition) is 0. The van der Waals surface area contributed by atoms with Crippen LogP contribution in [-0.2, 0) is 14.3 Å². The van der Waals surface area contributed by atoms with Gasteiger partial charge in [0.05, 0.1) is 12.0 Å². The maximum absolute atomic E-state index is 13.4. The number of benzene rings is 1. The first-order valence-corrected chi connectivity index (χ1v) is 10.8. The molecule has 1 saturated carbocycles. The number of hydrogen-bond acceptors (Lipinski definition) is 4. The second-order valence-electron chi connectivity index (χ2n) is 7.27. The molecule has 1 aliphatic carbocycles. The van der Waals surface area contributed by atoms with Gasteiger partial charge in [-0.2, -0.15) is 0 Å². The van der Waals surface area contributed by atoms with Crippen molar-refractivity contribution < 1.29 is 14.3 Å². The molecule has 4 nitrogen and oxygen atoms in total. The highest BCUT2D eigenvalue weighted by molar-refractivity contribution is 8.00. The average molecular weight is 376 g/mol. The first-order valence-electron chi connectivity index (χ1n) is 9.78. The lowest BCUT2D eigenvalue weighted by Crippen LogP contribution is -2.50. The minimum Gasteiger partial charge on any atom is -0.464 e. The van der Waals surface area contributed by atoms with Crippen molar-refractivity contribution in [3.05, 3.63) is 35.9 Å². The summed E-state index contributed by atoms with van der Waals surface area (Å²) in [6.07, 6.45) is 5.33. The summed E-state index contributed by atoms with van der Waals surface area (Å²) in [5.41, 5.74) is 1.20. The lowest BCUT2D eigenvalue weighted by atomic mass is 9.87. The fourth-order valence-corrected chi connectivity index (χ4v) is 5.63. The van der Waals surface area contributed by atoms with Gasteiger partial charge in [0.15, 0.2) is 0 Å². The van der Waals surface area contributed by atoms with Crippen LogP contribution in [0.5, 0.6) is 0 Å². The number of ether oxygens (including phenoxy) is 1. The van der Waals surface area contributed by atoms with Crippen molar-refractivity contribution in [1.82, 2.24) is 4.90 Å². The molecular weight excluding hydrogens is 346 g/mol. The fourth-order valence-electron chi connectivity index (χ4n) is 4.09. The maximum Gasteiger partial charge on any atom is 0.329 e. The Hall–Kier alpha value is -1.49. The Morgan fingerprint density at radius 3 is 2.54 bits per heavy atom. The molecule has 142 valence electrons. The number of amides is 1. The standard InChI is InChI=1S/C21H29NO3S/c1-3-25-21(24)18-14-26-20(15(2)16-10-6-4-7-11-16)22(18)19(23)17-12-8-5-9-13-17/h4,6-7,10-11,15,17-18,20H,3,5,8-9,12-14H2,1-2H3. The van der Waals surface area contributed by atoms with Crippen molar-refractivity contribution in [3.8, 4) is 0 Å². The molecule has 3 atom stereocenters. The minimum atomic E-state index is -0.453. The van der Waals surface area contributed by atoms with Crippen LogP contribution in [0, 0.1) is 5.92 Å². The first kappa shape index (κ1) is 19.3. The Morgan fingerprint density at radius 1 is 1.19 bits per heavy atom. The summed E-state index contributed by atoms with van der Waals surface area (Å²) >= 11 is 1.71. The largest absolute Gasteiger partial charge is 0.464 e. The third-order valence-electron chi connectivity index (χ3n) is 5.56. The van der Waals surface area contributed by atoms with Crippen LogP contribution >= 0.6 is 11.8 Å². The summed E-state index contributed by atoms with van der Waals surface area (Å²) in [5.74, 6) is 0.754. The predicted octanol–water partition coefficient (Wildman–Crippen LogP) is 4.20. The molecular formula is C21H29NO3S. The Kier molecular flexibility index (Phi) is 6.63. The molecule has 5 heteroatoms. The molecule has 1 aromatic rings. The number of nitrogens with zero attached hydrogens (tertiary/aromatic N) is 1. The zero-order valence-electron chi connectivity index (χ0n) is 15.7. The zero-order valence-corrected chi connectivity index (χ0v) is 16.5. The monoisotopic (exact) mass is 375 g/mol. The number of carbonyl (C=O) groups excluding carboxylic acids is 2. The molecule has 3 unspecified atom stereocenters. The van der Waals surface area contributed by atoms with E-state index in [0.717, 1.165) is 25.7 Å². The van der Waals surface area contributed by atoms with Gasteiger partial charge in [-0.1, -0.05) is 56.5 Å². The number of carbonyl (C=O) groups is 2. The lowest BCUT2D eigenvalue weighted by molar-refractivity contribution is -0.155. The molecule has 1 aliphatic heterocycles. The summed E-state index contributed by atoms with van der Waals surface area (Å²) in [4.78, 5) is 27.8. The van der Waals surface area contributed by atoms with E-state index in [1.807, 2.05) is 30.0 Å². The van der Waals surface area contributed by atoms with Gasteiger partial charge >= 0.3 is 5.97 Å². The van der Waals surface area contributed by atoms with Crippen LogP contribution in [0.25, 0.3) is 0 Å². The van der Waals surface area contributed by atoms with Gasteiger partial charge in [0, 0.05) is 17.6 Å². The van der Waals surface area contributed by atoms with Crippen molar-refractivity contribution in [2.75, 3.05) is 12.4 Å². The Labute approximate surface area is 160 Å². The average Bonchev–Trinajstić information content (AvgIpc) is 3.13. The molecule has 1 heterocycles. The van der Waals surface area contributed by atoms with E-state index in [4.69, 9.17) is 4.74 Å².